The lowest BCUT2D eigenvalue weighted by molar-refractivity contribution is -0.156. The molecule has 192 valence electrons. The SMILES string of the molecule is COc1ccc(CN2C(=O)[C@@H]3[C@H]2[C@@H](OC(=S)n2ccnc2)CN3C(=O)OCc2ccccc2)cc1OC. The van der Waals surface area contributed by atoms with Crippen molar-refractivity contribution >= 4 is 29.4 Å². The number of ether oxygens (including phenoxy) is 4. The van der Waals surface area contributed by atoms with Crippen LogP contribution in [0.3, 0.4) is 0 Å². The number of carbonyl (C=O) groups is 2. The van der Waals surface area contributed by atoms with Gasteiger partial charge in [0.25, 0.3) is 5.17 Å². The Morgan fingerprint density at radius 1 is 1.08 bits per heavy atom. The van der Waals surface area contributed by atoms with E-state index in [9.17, 15) is 9.59 Å². The van der Waals surface area contributed by atoms with Crippen molar-refractivity contribution in [2.45, 2.75) is 31.3 Å². The Morgan fingerprint density at radius 3 is 2.57 bits per heavy atom. The minimum atomic E-state index is -0.695. The lowest BCUT2D eigenvalue weighted by Gasteiger charge is -2.46. The summed E-state index contributed by atoms with van der Waals surface area (Å²) in [4.78, 5) is 33.4. The fourth-order valence-corrected chi connectivity index (χ4v) is 4.93. The van der Waals surface area contributed by atoms with Crippen LogP contribution in [0.1, 0.15) is 11.1 Å². The van der Waals surface area contributed by atoms with Crippen molar-refractivity contribution in [3.8, 4) is 11.5 Å². The van der Waals surface area contributed by atoms with Gasteiger partial charge in [0.1, 0.15) is 31.1 Å². The molecule has 0 aliphatic carbocycles. The molecule has 3 aromatic rings. The van der Waals surface area contributed by atoms with E-state index < -0.39 is 24.3 Å². The molecule has 1 aromatic heterocycles. The Labute approximate surface area is 219 Å². The van der Waals surface area contributed by atoms with Crippen LogP contribution in [0.25, 0.3) is 0 Å². The zero-order chi connectivity index (χ0) is 25.9. The first-order valence-corrected chi connectivity index (χ1v) is 12.1. The van der Waals surface area contributed by atoms with E-state index in [4.69, 9.17) is 31.2 Å². The molecule has 2 amide bonds. The third-order valence-electron chi connectivity index (χ3n) is 6.52. The predicted octanol–water partition coefficient (Wildman–Crippen LogP) is 2.85. The van der Waals surface area contributed by atoms with Crippen LogP contribution in [-0.4, -0.2) is 75.5 Å². The van der Waals surface area contributed by atoms with Gasteiger partial charge in [-0.1, -0.05) is 36.4 Å². The molecule has 10 nitrogen and oxygen atoms in total. The number of hydrogen-bond acceptors (Lipinski definition) is 8. The van der Waals surface area contributed by atoms with Crippen molar-refractivity contribution in [3.05, 3.63) is 78.4 Å². The van der Waals surface area contributed by atoms with E-state index in [2.05, 4.69) is 4.98 Å². The van der Waals surface area contributed by atoms with Gasteiger partial charge in [-0.15, -0.1) is 0 Å². The maximum atomic E-state index is 13.3. The van der Waals surface area contributed by atoms with Crippen LogP contribution in [0.5, 0.6) is 11.5 Å². The Morgan fingerprint density at radius 2 is 1.86 bits per heavy atom. The van der Waals surface area contributed by atoms with Gasteiger partial charge in [0.15, 0.2) is 11.5 Å². The van der Waals surface area contributed by atoms with Crippen LogP contribution >= 0.6 is 12.2 Å². The number of likely N-dealkylation sites (tertiary alicyclic amines) is 2. The first kappa shape index (κ1) is 24.6. The van der Waals surface area contributed by atoms with E-state index in [1.807, 2.05) is 42.5 Å². The zero-order valence-electron chi connectivity index (χ0n) is 20.4. The van der Waals surface area contributed by atoms with E-state index in [0.717, 1.165) is 11.1 Å². The average molecular weight is 523 g/mol. The van der Waals surface area contributed by atoms with Crippen molar-refractivity contribution in [1.29, 1.82) is 0 Å². The Kier molecular flexibility index (Phi) is 6.95. The minimum absolute atomic E-state index is 0.107. The van der Waals surface area contributed by atoms with Crippen LogP contribution in [0.4, 0.5) is 4.79 Å². The van der Waals surface area contributed by atoms with Crippen molar-refractivity contribution in [1.82, 2.24) is 19.4 Å². The van der Waals surface area contributed by atoms with E-state index >= 15 is 0 Å². The molecule has 5 rings (SSSR count). The highest BCUT2D eigenvalue weighted by Crippen LogP contribution is 2.38. The zero-order valence-corrected chi connectivity index (χ0v) is 21.2. The number of β-lactam (4-membered cyclic amide) rings is 1. The van der Waals surface area contributed by atoms with Gasteiger partial charge in [-0.2, -0.15) is 0 Å². The first-order chi connectivity index (χ1) is 18.0. The molecule has 11 heteroatoms. The molecule has 0 unspecified atom stereocenters. The molecule has 37 heavy (non-hydrogen) atoms. The number of benzene rings is 2. The summed E-state index contributed by atoms with van der Waals surface area (Å²) in [5, 5.41) is 0.186. The molecule has 0 spiro atoms. The maximum absolute atomic E-state index is 13.3. The molecule has 0 saturated carbocycles. The number of methoxy groups -OCH3 is 2. The van der Waals surface area contributed by atoms with Gasteiger partial charge in [0.05, 0.1) is 20.8 Å². The molecule has 2 aliphatic heterocycles. The second-order valence-corrected chi connectivity index (χ2v) is 9.02. The van der Waals surface area contributed by atoms with Gasteiger partial charge >= 0.3 is 6.09 Å². The lowest BCUT2D eigenvalue weighted by Crippen LogP contribution is -2.68. The van der Waals surface area contributed by atoms with E-state index in [1.165, 1.54) is 11.2 Å². The van der Waals surface area contributed by atoms with Crippen LogP contribution in [-0.2, 0) is 27.4 Å². The summed E-state index contributed by atoms with van der Waals surface area (Å²) in [6.07, 6.45) is 3.69. The van der Waals surface area contributed by atoms with Crippen LogP contribution in [0.15, 0.2) is 67.3 Å². The molecule has 3 heterocycles. The number of nitrogens with zero attached hydrogens (tertiary/aromatic N) is 4. The van der Waals surface area contributed by atoms with E-state index in [0.29, 0.717) is 18.0 Å². The summed E-state index contributed by atoms with van der Waals surface area (Å²) in [7, 11) is 3.12. The molecule has 0 N–H and O–H groups in total. The van der Waals surface area contributed by atoms with Crippen molar-refractivity contribution in [2.75, 3.05) is 20.8 Å². The topological polar surface area (TPSA) is 95.4 Å². The Balaban J connectivity index is 1.34. The number of aromatic nitrogens is 2. The molecule has 2 saturated heterocycles. The summed E-state index contributed by atoms with van der Waals surface area (Å²) in [5.74, 6) is 0.978. The lowest BCUT2D eigenvalue weighted by atomic mass is 9.93. The van der Waals surface area contributed by atoms with Crippen molar-refractivity contribution < 1.29 is 28.5 Å². The number of rotatable bonds is 7. The average Bonchev–Trinajstić information content (AvgIpc) is 3.58. The van der Waals surface area contributed by atoms with Gasteiger partial charge in [-0.25, -0.2) is 9.78 Å². The van der Waals surface area contributed by atoms with Gasteiger partial charge in [-0.3, -0.25) is 14.3 Å². The quantitative estimate of drug-likeness (QED) is 0.345. The van der Waals surface area contributed by atoms with Crippen LogP contribution < -0.4 is 9.47 Å². The molecule has 2 fully saturated rings. The largest absolute Gasteiger partial charge is 0.493 e. The number of thiocarbonyl (C=S) groups is 1. The summed E-state index contributed by atoms with van der Waals surface area (Å²) in [6, 6.07) is 13.8. The van der Waals surface area contributed by atoms with Crippen LogP contribution in [0, 0.1) is 0 Å². The number of hydrogen-bond donors (Lipinski definition) is 0. The molecule has 3 atom stereocenters. The predicted molar refractivity (Wildman–Crippen MR) is 136 cm³/mol. The van der Waals surface area contributed by atoms with Crippen LogP contribution in [0.2, 0.25) is 0 Å². The van der Waals surface area contributed by atoms with Gasteiger partial charge in [0, 0.05) is 18.9 Å². The fraction of sp³-hybridized carbons (Fsp3) is 0.308. The molecule has 0 bridgehead atoms. The van der Waals surface area contributed by atoms with E-state index in [1.54, 1.807) is 42.1 Å². The molecule has 2 aromatic carbocycles. The third kappa shape index (κ3) is 4.82. The first-order valence-electron chi connectivity index (χ1n) is 11.7. The third-order valence-corrected chi connectivity index (χ3v) is 6.83. The van der Waals surface area contributed by atoms with Crippen molar-refractivity contribution in [2.24, 2.45) is 0 Å². The minimum Gasteiger partial charge on any atom is -0.493 e. The normalized spacial score (nSPS) is 20.2. The number of imidazole rings is 1. The van der Waals surface area contributed by atoms with Gasteiger partial charge in [0.2, 0.25) is 5.91 Å². The summed E-state index contributed by atoms with van der Waals surface area (Å²) in [6.45, 7) is 0.576. The number of fused-ring (bicyclic) bond motifs is 1. The standard InChI is InChI=1S/C26H26N4O6S/c1-33-19-9-8-18(12-20(19)34-2)13-29-22-21(36-26(37)28-11-10-27-16-28)14-30(23(22)24(29)31)25(32)35-15-17-6-4-3-5-7-17/h3-12,16,21-23H,13-15H2,1-2H3/t21-,22+,23-/m0/s1. The van der Waals surface area contributed by atoms with Gasteiger partial charge in [-0.05, 0) is 35.5 Å². The van der Waals surface area contributed by atoms with Gasteiger partial charge < -0.3 is 23.8 Å². The fourth-order valence-electron chi connectivity index (χ4n) is 4.70. The smallest absolute Gasteiger partial charge is 0.410 e. The highest BCUT2D eigenvalue weighted by atomic mass is 32.1. The molecule has 2 aliphatic rings. The summed E-state index contributed by atoms with van der Waals surface area (Å²) >= 11 is 5.44. The summed E-state index contributed by atoms with van der Waals surface area (Å²) in [5.41, 5.74) is 1.71. The highest BCUT2D eigenvalue weighted by molar-refractivity contribution is 7.80. The maximum Gasteiger partial charge on any atom is 0.410 e. The Bertz CT molecular complexity index is 1290. The van der Waals surface area contributed by atoms with Crippen molar-refractivity contribution in [3.63, 3.8) is 0 Å². The number of carbonyl (C=O) groups excluding carboxylic acids is 2. The highest BCUT2D eigenvalue weighted by Gasteiger charge is 2.62. The second-order valence-electron chi connectivity index (χ2n) is 8.68. The van der Waals surface area contributed by atoms with E-state index in [-0.39, 0.29) is 24.2 Å². The molecule has 0 radical (unpaired) electrons. The summed E-state index contributed by atoms with van der Waals surface area (Å²) < 4.78 is 23.9. The number of amides is 2. The molecular formula is C26H26N4O6S. The molecular weight excluding hydrogens is 496 g/mol. The Hall–Kier alpha value is -4.12. The monoisotopic (exact) mass is 522 g/mol. The second kappa shape index (κ2) is 10.5.